The molecule has 110 valence electrons. The first kappa shape index (κ1) is 15.4. The molecule has 0 aliphatic carbocycles. The molecule has 0 unspecified atom stereocenters. The van der Waals surface area contributed by atoms with Gasteiger partial charge in [-0.25, -0.2) is 0 Å². The molecule has 2 aromatic rings. The van der Waals surface area contributed by atoms with Crippen LogP contribution in [0.3, 0.4) is 0 Å². The van der Waals surface area contributed by atoms with Gasteiger partial charge in [0.25, 0.3) is 5.91 Å². The zero-order valence-corrected chi connectivity index (χ0v) is 13.7. The minimum atomic E-state index is -0.181. The van der Waals surface area contributed by atoms with Crippen molar-refractivity contribution in [2.24, 2.45) is 0 Å². The van der Waals surface area contributed by atoms with E-state index in [-0.39, 0.29) is 5.91 Å². The fraction of sp³-hybridized carbons (Fsp3) is 0.188. The number of hydrogen-bond acceptors (Lipinski definition) is 3. The molecule has 2 rings (SSSR count). The molecule has 0 bridgehead atoms. The molecule has 1 amide bonds. The second-order valence-corrected chi connectivity index (χ2v) is 5.51. The zero-order valence-electron chi connectivity index (χ0n) is 12.2. The van der Waals surface area contributed by atoms with Gasteiger partial charge < -0.3 is 15.4 Å². The molecule has 2 aromatic carbocycles. The maximum Gasteiger partial charge on any atom is 0.257 e. The molecule has 4 nitrogen and oxygen atoms in total. The van der Waals surface area contributed by atoms with Crippen LogP contribution in [-0.2, 0) is 0 Å². The maximum absolute atomic E-state index is 12.5. The van der Waals surface area contributed by atoms with Crippen molar-refractivity contribution in [3.8, 4) is 5.75 Å². The summed E-state index contributed by atoms with van der Waals surface area (Å²) in [4.78, 5) is 12.5. The van der Waals surface area contributed by atoms with E-state index >= 15 is 0 Å². The Kier molecular flexibility index (Phi) is 4.85. The molecule has 21 heavy (non-hydrogen) atoms. The second kappa shape index (κ2) is 6.63. The van der Waals surface area contributed by atoms with Gasteiger partial charge in [-0.15, -0.1) is 0 Å². The van der Waals surface area contributed by atoms with Gasteiger partial charge in [0.05, 0.1) is 18.4 Å². The number of halogens is 1. The molecule has 0 heterocycles. The molecule has 5 heteroatoms. The molecule has 0 atom stereocenters. The Morgan fingerprint density at radius 1 is 1.14 bits per heavy atom. The predicted molar refractivity (Wildman–Crippen MR) is 89.4 cm³/mol. The molecule has 0 aromatic heterocycles. The highest BCUT2D eigenvalue weighted by Crippen LogP contribution is 2.29. The van der Waals surface area contributed by atoms with E-state index in [1.54, 1.807) is 20.2 Å². The lowest BCUT2D eigenvalue weighted by Crippen LogP contribution is -2.15. The standard InChI is InChI=1S/C16H17BrN2O2/c1-10-4-6-13(18-2)12(8-10)16(20)19-14-9-11(17)5-7-15(14)21-3/h4-9,18H,1-3H3,(H,19,20). The number of nitrogens with one attached hydrogen (secondary N) is 2. The molecule has 0 saturated heterocycles. The second-order valence-electron chi connectivity index (χ2n) is 4.60. The molecule has 0 aliphatic rings. The number of ether oxygens (including phenoxy) is 1. The summed E-state index contributed by atoms with van der Waals surface area (Å²) in [6, 6.07) is 11.2. The van der Waals surface area contributed by atoms with Crippen molar-refractivity contribution in [2.45, 2.75) is 6.92 Å². The number of amides is 1. The average Bonchev–Trinajstić information content (AvgIpc) is 2.47. The predicted octanol–water partition coefficient (Wildman–Crippen LogP) is 4.06. The first-order valence-corrected chi connectivity index (χ1v) is 7.27. The van der Waals surface area contributed by atoms with Crippen LogP contribution >= 0.6 is 15.9 Å². The lowest BCUT2D eigenvalue weighted by molar-refractivity contribution is 0.102. The van der Waals surface area contributed by atoms with Crippen LogP contribution in [0.1, 0.15) is 15.9 Å². The topological polar surface area (TPSA) is 50.4 Å². The van der Waals surface area contributed by atoms with Crippen molar-refractivity contribution in [1.82, 2.24) is 0 Å². The van der Waals surface area contributed by atoms with Gasteiger partial charge in [-0.05, 0) is 37.3 Å². The molecular weight excluding hydrogens is 332 g/mol. The molecule has 0 fully saturated rings. The third-order valence-corrected chi connectivity index (χ3v) is 3.59. The summed E-state index contributed by atoms with van der Waals surface area (Å²) < 4.78 is 6.14. The van der Waals surface area contributed by atoms with Crippen LogP contribution < -0.4 is 15.4 Å². The number of hydrogen-bond donors (Lipinski definition) is 2. The molecule has 0 saturated carbocycles. The maximum atomic E-state index is 12.5. The van der Waals surface area contributed by atoms with Crippen LogP contribution in [0.15, 0.2) is 40.9 Å². The SMILES string of the molecule is CNc1ccc(C)cc1C(=O)Nc1cc(Br)ccc1OC. The summed E-state index contributed by atoms with van der Waals surface area (Å²) in [5, 5.41) is 5.91. The number of methoxy groups -OCH3 is 1. The number of benzene rings is 2. The summed E-state index contributed by atoms with van der Waals surface area (Å²) in [7, 11) is 3.37. The van der Waals surface area contributed by atoms with Gasteiger partial charge in [0.1, 0.15) is 5.75 Å². The zero-order chi connectivity index (χ0) is 15.4. The number of aryl methyl sites for hydroxylation is 1. The van der Waals surface area contributed by atoms with Crippen LogP contribution in [-0.4, -0.2) is 20.1 Å². The van der Waals surface area contributed by atoms with E-state index in [0.717, 1.165) is 15.7 Å². The van der Waals surface area contributed by atoms with E-state index in [4.69, 9.17) is 4.74 Å². The van der Waals surface area contributed by atoms with Crippen LogP contribution in [0, 0.1) is 6.92 Å². The normalized spacial score (nSPS) is 10.1. The highest BCUT2D eigenvalue weighted by molar-refractivity contribution is 9.10. The van der Waals surface area contributed by atoms with Gasteiger partial charge >= 0.3 is 0 Å². The minimum absolute atomic E-state index is 0.181. The van der Waals surface area contributed by atoms with Crippen LogP contribution in [0.25, 0.3) is 0 Å². The van der Waals surface area contributed by atoms with E-state index in [2.05, 4.69) is 26.6 Å². The number of rotatable bonds is 4. The van der Waals surface area contributed by atoms with Crippen LogP contribution in [0.5, 0.6) is 5.75 Å². The molecular formula is C16H17BrN2O2. The van der Waals surface area contributed by atoms with E-state index in [1.807, 2.05) is 37.3 Å². The Bertz CT molecular complexity index is 671. The van der Waals surface area contributed by atoms with Crippen LogP contribution in [0.4, 0.5) is 11.4 Å². The molecule has 0 aliphatic heterocycles. The molecule has 2 N–H and O–H groups in total. The smallest absolute Gasteiger partial charge is 0.257 e. The fourth-order valence-electron chi connectivity index (χ4n) is 2.03. The summed E-state index contributed by atoms with van der Waals surface area (Å²) in [5.74, 6) is 0.435. The monoisotopic (exact) mass is 348 g/mol. The Morgan fingerprint density at radius 3 is 2.57 bits per heavy atom. The Morgan fingerprint density at radius 2 is 1.90 bits per heavy atom. The quantitative estimate of drug-likeness (QED) is 0.875. The summed E-state index contributed by atoms with van der Waals surface area (Å²) in [6.07, 6.45) is 0. The van der Waals surface area contributed by atoms with E-state index < -0.39 is 0 Å². The highest BCUT2D eigenvalue weighted by atomic mass is 79.9. The summed E-state index contributed by atoms with van der Waals surface area (Å²) >= 11 is 3.39. The van der Waals surface area contributed by atoms with Gasteiger partial charge in [0.15, 0.2) is 0 Å². The molecule has 0 radical (unpaired) electrons. The van der Waals surface area contributed by atoms with Crippen molar-refractivity contribution >= 4 is 33.2 Å². The summed E-state index contributed by atoms with van der Waals surface area (Å²) in [6.45, 7) is 1.95. The largest absolute Gasteiger partial charge is 0.495 e. The van der Waals surface area contributed by atoms with Gasteiger partial charge in [0.2, 0.25) is 0 Å². The Balaban J connectivity index is 2.34. The van der Waals surface area contributed by atoms with E-state index in [9.17, 15) is 4.79 Å². The van der Waals surface area contributed by atoms with E-state index in [0.29, 0.717) is 17.0 Å². The van der Waals surface area contributed by atoms with Crippen molar-refractivity contribution in [2.75, 3.05) is 24.8 Å². The minimum Gasteiger partial charge on any atom is -0.495 e. The first-order valence-electron chi connectivity index (χ1n) is 6.48. The number of anilines is 2. The van der Waals surface area contributed by atoms with Gasteiger partial charge in [-0.2, -0.15) is 0 Å². The Labute approximate surface area is 132 Å². The summed E-state index contributed by atoms with van der Waals surface area (Å²) in [5.41, 5.74) is 3.03. The third kappa shape index (κ3) is 3.55. The lowest BCUT2D eigenvalue weighted by atomic mass is 10.1. The van der Waals surface area contributed by atoms with Crippen molar-refractivity contribution in [1.29, 1.82) is 0 Å². The third-order valence-electron chi connectivity index (χ3n) is 3.10. The number of carbonyl (C=O) groups excluding carboxylic acids is 1. The molecule has 0 spiro atoms. The number of carbonyl (C=O) groups is 1. The van der Waals surface area contributed by atoms with Gasteiger partial charge in [-0.1, -0.05) is 27.6 Å². The van der Waals surface area contributed by atoms with Gasteiger partial charge in [-0.3, -0.25) is 4.79 Å². The Hall–Kier alpha value is -2.01. The van der Waals surface area contributed by atoms with E-state index in [1.165, 1.54) is 0 Å². The first-order chi connectivity index (χ1) is 10.0. The van der Waals surface area contributed by atoms with Crippen molar-refractivity contribution in [3.05, 3.63) is 52.0 Å². The van der Waals surface area contributed by atoms with Crippen LogP contribution in [0.2, 0.25) is 0 Å². The lowest BCUT2D eigenvalue weighted by Gasteiger charge is -2.13. The highest BCUT2D eigenvalue weighted by Gasteiger charge is 2.13. The fourth-order valence-corrected chi connectivity index (χ4v) is 2.39. The van der Waals surface area contributed by atoms with Gasteiger partial charge in [0, 0.05) is 17.2 Å². The van der Waals surface area contributed by atoms with Crippen molar-refractivity contribution < 1.29 is 9.53 Å². The van der Waals surface area contributed by atoms with Crippen molar-refractivity contribution in [3.63, 3.8) is 0 Å². The average molecular weight is 349 g/mol.